The van der Waals surface area contributed by atoms with Gasteiger partial charge in [-0.15, -0.1) is 0 Å². The van der Waals surface area contributed by atoms with Gasteiger partial charge in [-0.05, 0) is 30.3 Å². The lowest BCUT2D eigenvalue weighted by molar-refractivity contribution is 0.0954. The summed E-state index contributed by atoms with van der Waals surface area (Å²) in [5.74, 6) is 0.667. The molecule has 0 unspecified atom stereocenters. The molecular weight excluding hydrogens is 324 g/mol. The third kappa shape index (κ3) is 2.83. The van der Waals surface area contributed by atoms with Crippen LogP contribution in [0.5, 0.6) is 11.5 Å². The van der Waals surface area contributed by atoms with Crippen molar-refractivity contribution in [2.24, 2.45) is 5.10 Å². The molecule has 3 aromatic rings. The van der Waals surface area contributed by atoms with Gasteiger partial charge in [-0.25, -0.2) is 5.43 Å². The fourth-order valence-corrected chi connectivity index (χ4v) is 2.44. The molecule has 0 fully saturated rings. The van der Waals surface area contributed by atoms with Crippen LogP contribution in [0, 0.1) is 0 Å². The number of hydrazone groups is 1. The minimum atomic E-state index is -0.431. The summed E-state index contributed by atoms with van der Waals surface area (Å²) in [6.07, 6.45) is 2.56. The zero-order valence-corrected chi connectivity index (χ0v) is 12.9. The Kier molecular flexibility index (Phi) is 3.66. The van der Waals surface area contributed by atoms with E-state index in [0.717, 1.165) is 0 Å². The highest BCUT2D eigenvalue weighted by Crippen LogP contribution is 2.32. The monoisotopic (exact) mass is 336 g/mol. The predicted molar refractivity (Wildman–Crippen MR) is 90.1 cm³/mol. The Hall–Kier alpha value is -3.61. The molecular formula is C18H12N2O5. The molecule has 1 aliphatic heterocycles. The number of amides is 1. The molecule has 25 heavy (non-hydrogen) atoms. The number of carbonyl (C=O) groups is 1. The maximum absolute atomic E-state index is 12.3. The summed E-state index contributed by atoms with van der Waals surface area (Å²) in [5, 5.41) is 4.27. The normalized spacial score (nSPS) is 12.6. The Bertz CT molecular complexity index is 1050. The maximum atomic E-state index is 12.3. The van der Waals surface area contributed by atoms with Gasteiger partial charge in [0.05, 0.1) is 17.2 Å². The Morgan fingerprint density at radius 2 is 1.96 bits per heavy atom. The Labute approximate surface area is 141 Å². The van der Waals surface area contributed by atoms with E-state index in [2.05, 4.69) is 10.5 Å². The number of rotatable bonds is 3. The Morgan fingerprint density at radius 3 is 2.88 bits per heavy atom. The molecule has 1 aliphatic rings. The SMILES string of the molecule is O=C(N/N=C/c1coc2ccccc2c1=O)c1ccc2c(c1)OCO2. The predicted octanol–water partition coefficient (Wildman–Crippen LogP) is 2.29. The van der Waals surface area contributed by atoms with E-state index in [9.17, 15) is 9.59 Å². The van der Waals surface area contributed by atoms with Crippen LogP contribution in [0.15, 0.2) is 63.0 Å². The first-order valence-corrected chi connectivity index (χ1v) is 7.46. The molecule has 0 radical (unpaired) electrons. The van der Waals surface area contributed by atoms with Crippen molar-refractivity contribution in [1.29, 1.82) is 0 Å². The molecule has 1 amide bonds. The van der Waals surface area contributed by atoms with Crippen molar-refractivity contribution in [3.8, 4) is 11.5 Å². The summed E-state index contributed by atoms with van der Waals surface area (Å²) in [7, 11) is 0. The molecule has 7 heteroatoms. The van der Waals surface area contributed by atoms with Gasteiger partial charge in [-0.2, -0.15) is 5.10 Å². The maximum Gasteiger partial charge on any atom is 0.271 e. The van der Waals surface area contributed by atoms with Crippen LogP contribution in [0.4, 0.5) is 0 Å². The van der Waals surface area contributed by atoms with Gasteiger partial charge >= 0.3 is 0 Å². The van der Waals surface area contributed by atoms with Gasteiger partial charge in [0.25, 0.3) is 5.91 Å². The second kappa shape index (κ2) is 6.12. The molecule has 0 atom stereocenters. The van der Waals surface area contributed by atoms with Gasteiger partial charge in [-0.1, -0.05) is 12.1 Å². The number of benzene rings is 2. The second-order valence-electron chi connectivity index (χ2n) is 5.28. The van der Waals surface area contributed by atoms with Gasteiger partial charge in [-0.3, -0.25) is 9.59 Å². The van der Waals surface area contributed by atoms with E-state index < -0.39 is 5.91 Å². The van der Waals surface area contributed by atoms with Crippen LogP contribution >= 0.6 is 0 Å². The molecule has 124 valence electrons. The summed E-state index contributed by atoms with van der Waals surface area (Å²) in [6, 6.07) is 11.7. The number of hydrogen-bond acceptors (Lipinski definition) is 6. The van der Waals surface area contributed by atoms with Crippen LogP contribution in [0.1, 0.15) is 15.9 Å². The summed E-state index contributed by atoms with van der Waals surface area (Å²) in [5.41, 5.74) is 3.25. The lowest BCUT2D eigenvalue weighted by atomic mass is 10.2. The first kappa shape index (κ1) is 14.9. The smallest absolute Gasteiger partial charge is 0.271 e. The third-order valence-electron chi connectivity index (χ3n) is 3.71. The van der Waals surface area contributed by atoms with Crippen LogP contribution in [0.2, 0.25) is 0 Å². The number of fused-ring (bicyclic) bond motifs is 2. The van der Waals surface area contributed by atoms with Crippen molar-refractivity contribution in [3.05, 3.63) is 70.1 Å². The number of carbonyl (C=O) groups excluding carboxylic acids is 1. The minimum Gasteiger partial charge on any atom is -0.463 e. The number of para-hydroxylation sites is 1. The lowest BCUT2D eigenvalue weighted by Gasteiger charge is -2.01. The fourth-order valence-electron chi connectivity index (χ4n) is 2.44. The average Bonchev–Trinajstić information content (AvgIpc) is 3.11. The first-order valence-electron chi connectivity index (χ1n) is 7.46. The molecule has 7 nitrogen and oxygen atoms in total. The third-order valence-corrected chi connectivity index (χ3v) is 3.71. The molecule has 1 N–H and O–H groups in total. The van der Waals surface area contributed by atoms with Crippen LogP contribution in [0.25, 0.3) is 11.0 Å². The van der Waals surface area contributed by atoms with Crippen molar-refractivity contribution < 1.29 is 18.7 Å². The molecule has 1 aromatic heterocycles. The van der Waals surface area contributed by atoms with Crippen LogP contribution in [-0.4, -0.2) is 18.9 Å². The number of hydrogen-bond donors (Lipinski definition) is 1. The number of nitrogens with zero attached hydrogens (tertiary/aromatic N) is 1. The molecule has 0 saturated heterocycles. The van der Waals surface area contributed by atoms with Gasteiger partial charge in [0.1, 0.15) is 11.8 Å². The van der Waals surface area contributed by atoms with E-state index in [-0.39, 0.29) is 17.8 Å². The van der Waals surface area contributed by atoms with E-state index in [1.54, 1.807) is 42.5 Å². The topological polar surface area (TPSA) is 90.1 Å². The Morgan fingerprint density at radius 1 is 1.12 bits per heavy atom. The largest absolute Gasteiger partial charge is 0.463 e. The molecule has 2 heterocycles. The van der Waals surface area contributed by atoms with Gasteiger partial charge < -0.3 is 13.9 Å². The lowest BCUT2D eigenvalue weighted by Crippen LogP contribution is -2.18. The molecule has 0 spiro atoms. The van der Waals surface area contributed by atoms with E-state index in [1.165, 1.54) is 12.5 Å². The molecule has 4 rings (SSSR count). The van der Waals surface area contributed by atoms with Gasteiger partial charge in [0, 0.05) is 5.56 Å². The second-order valence-corrected chi connectivity index (χ2v) is 5.28. The van der Waals surface area contributed by atoms with Gasteiger partial charge in [0.2, 0.25) is 12.2 Å². The first-order chi connectivity index (χ1) is 12.2. The van der Waals surface area contributed by atoms with Crippen LogP contribution in [0.3, 0.4) is 0 Å². The standard InChI is InChI=1S/C18H12N2O5/c21-17-12(9-23-14-4-2-1-3-13(14)17)8-19-20-18(22)11-5-6-15-16(7-11)25-10-24-15/h1-9H,10H2,(H,20,22)/b19-8+. The highest BCUT2D eigenvalue weighted by atomic mass is 16.7. The highest BCUT2D eigenvalue weighted by Gasteiger charge is 2.15. The molecule has 0 bridgehead atoms. The van der Waals surface area contributed by atoms with E-state index in [0.29, 0.717) is 28.0 Å². The van der Waals surface area contributed by atoms with Crippen LogP contribution in [-0.2, 0) is 0 Å². The fraction of sp³-hybridized carbons (Fsp3) is 0.0556. The number of ether oxygens (including phenoxy) is 2. The van der Waals surface area contributed by atoms with Crippen molar-refractivity contribution in [2.75, 3.05) is 6.79 Å². The number of nitrogens with one attached hydrogen (secondary N) is 1. The Balaban J connectivity index is 1.52. The summed E-state index contributed by atoms with van der Waals surface area (Å²) in [6.45, 7) is 0.135. The van der Waals surface area contributed by atoms with Crippen molar-refractivity contribution in [2.45, 2.75) is 0 Å². The van der Waals surface area contributed by atoms with Crippen molar-refractivity contribution in [1.82, 2.24) is 5.43 Å². The van der Waals surface area contributed by atoms with Gasteiger partial charge in [0.15, 0.2) is 11.5 Å². The van der Waals surface area contributed by atoms with Crippen molar-refractivity contribution in [3.63, 3.8) is 0 Å². The highest BCUT2D eigenvalue weighted by molar-refractivity contribution is 5.95. The molecule has 0 aliphatic carbocycles. The van der Waals surface area contributed by atoms with E-state index in [1.807, 2.05) is 0 Å². The van der Waals surface area contributed by atoms with E-state index in [4.69, 9.17) is 13.9 Å². The van der Waals surface area contributed by atoms with Crippen molar-refractivity contribution >= 4 is 23.1 Å². The summed E-state index contributed by atoms with van der Waals surface area (Å²) in [4.78, 5) is 24.4. The zero-order chi connectivity index (χ0) is 17.2. The summed E-state index contributed by atoms with van der Waals surface area (Å²) >= 11 is 0. The summed E-state index contributed by atoms with van der Waals surface area (Å²) < 4.78 is 15.8. The molecule has 2 aromatic carbocycles. The quantitative estimate of drug-likeness (QED) is 0.585. The average molecular weight is 336 g/mol. The van der Waals surface area contributed by atoms with E-state index >= 15 is 0 Å². The zero-order valence-electron chi connectivity index (χ0n) is 12.9. The molecule has 0 saturated carbocycles. The van der Waals surface area contributed by atoms with Crippen LogP contribution < -0.4 is 20.3 Å². The minimum absolute atomic E-state index is 0.135.